The summed E-state index contributed by atoms with van der Waals surface area (Å²) in [6.45, 7) is -0.356. The van der Waals surface area contributed by atoms with Crippen molar-refractivity contribution in [1.29, 1.82) is 10.8 Å². The van der Waals surface area contributed by atoms with Gasteiger partial charge in [-0.1, -0.05) is 30.3 Å². The lowest BCUT2D eigenvalue weighted by atomic mass is 9.90. The zero-order valence-electron chi connectivity index (χ0n) is 16.8. The molecule has 33 heavy (non-hydrogen) atoms. The number of fused-ring (bicyclic) bond motifs is 1. The fourth-order valence-electron chi connectivity index (χ4n) is 4.87. The number of hydrogen-bond donors (Lipinski definition) is 7. The molecule has 2 aromatic carbocycles. The lowest BCUT2D eigenvalue weighted by Gasteiger charge is -2.47. The molecule has 7 N–H and O–H groups in total. The molecule has 13 heteroatoms. The van der Waals surface area contributed by atoms with Gasteiger partial charge < -0.3 is 35.8 Å². The molecule has 10 nitrogen and oxygen atoms in total. The number of guanidine groups is 2. The van der Waals surface area contributed by atoms with Gasteiger partial charge in [-0.2, -0.15) is 13.2 Å². The predicted octanol–water partition coefficient (Wildman–Crippen LogP) is 0.111. The van der Waals surface area contributed by atoms with Crippen molar-refractivity contribution in [2.45, 2.75) is 29.8 Å². The molecule has 0 saturated carbocycles. The number of nitrogens with zero attached hydrogens (tertiary/aromatic N) is 1. The highest BCUT2D eigenvalue weighted by molar-refractivity contribution is 6.06. The summed E-state index contributed by atoms with van der Waals surface area (Å²) in [5, 5.41) is 46.6. The normalized spacial score (nSPS) is 28.0. The Morgan fingerprint density at radius 2 is 1.91 bits per heavy atom. The first-order chi connectivity index (χ1) is 15.5. The summed E-state index contributed by atoms with van der Waals surface area (Å²) in [5.74, 6) is -4.69. The number of aliphatic hydroxyl groups is 2. The SMILES string of the molecule is N=C1NC2CNC(=N)N3C[C@H](OC(=O)c4c(C(F)(F)F)ccc5ccccc45)C(O)(O)C23N1. The van der Waals surface area contributed by atoms with E-state index >= 15 is 0 Å². The van der Waals surface area contributed by atoms with Gasteiger partial charge in [-0.15, -0.1) is 0 Å². The van der Waals surface area contributed by atoms with E-state index in [0.29, 0.717) is 5.39 Å². The number of carbonyl (C=O) groups excluding carboxylic acids is 1. The lowest BCUT2D eigenvalue weighted by molar-refractivity contribution is -0.255. The summed E-state index contributed by atoms with van der Waals surface area (Å²) in [5.41, 5.74) is -3.78. The topological polar surface area (TPSA) is 154 Å². The number of rotatable bonds is 2. The van der Waals surface area contributed by atoms with Crippen LogP contribution in [-0.4, -0.2) is 69.7 Å². The standard InChI is InChI=1S/C20H19F3N6O4/c21-20(22,23)11-6-5-9-3-1-2-4-10(9)14(11)15(30)33-13-8-29-17(25)26-7-12-18(29,19(13,31)32)28-16(24)27-12/h1-6,12-13,31-32H,7-8H2,(H2,25,26)(H3,24,27,28)/t12?,13-,18?/m0/s1. The summed E-state index contributed by atoms with van der Waals surface area (Å²) in [4.78, 5) is 14.3. The summed E-state index contributed by atoms with van der Waals surface area (Å²) < 4.78 is 46.5. The van der Waals surface area contributed by atoms with E-state index in [1.165, 1.54) is 23.1 Å². The lowest BCUT2D eigenvalue weighted by Crippen LogP contribution is -2.78. The number of halogens is 3. The second-order valence-corrected chi connectivity index (χ2v) is 8.13. The van der Waals surface area contributed by atoms with Crippen molar-refractivity contribution in [2.24, 2.45) is 0 Å². The second kappa shape index (κ2) is 6.71. The Bertz CT molecular complexity index is 1200. The van der Waals surface area contributed by atoms with Crippen LogP contribution in [-0.2, 0) is 10.9 Å². The first kappa shape index (κ1) is 21.3. The number of benzene rings is 2. The molecule has 3 fully saturated rings. The maximum atomic E-state index is 13.7. The molecule has 0 radical (unpaired) electrons. The Morgan fingerprint density at radius 1 is 1.18 bits per heavy atom. The highest BCUT2D eigenvalue weighted by atomic mass is 19.4. The quantitative estimate of drug-likeness (QED) is 0.244. The molecule has 0 aromatic heterocycles. The van der Waals surface area contributed by atoms with Crippen molar-refractivity contribution in [3.63, 3.8) is 0 Å². The molecule has 3 aliphatic heterocycles. The Kier molecular flexibility index (Phi) is 4.33. The number of alkyl halides is 3. The third kappa shape index (κ3) is 2.85. The minimum atomic E-state index is -4.86. The smallest absolute Gasteiger partial charge is 0.417 e. The van der Waals surface area contributed by atoms with Crippen molar-refractivity contribution < 1.29 is 32.9 Å². The van der Waals surface area contributed by atoms with Crippen LogP contribution in [0, 0.1) is 10.8 Å². The van der Waals surface area contributed by atoms with Gasteiger partial charge in [0.1, 0.15) is 0 Å². The average Bonchev–Trinajstić information content (AvgIpc) is 3.21. The molecule has 0 aliphatic carbocycles. The zero-order valence-corrected chi connectivity index (χ0v) is 16.8. The molecule has 3 aliphatic rings. The van der Waals surface area contributed by atoms with E-state index in [1.807, 2.05) is 0 Å². The summed E-state index contributed by atoms with van der Waals surface area (Å²) in [6, 6.07) is 7.19. The van der Waals surface area contributed by atoms with Gasteiger partial charge in [0, 0.05) is 6.54 Å². The Labute approximate surface area is 184 Å². The van der Waals surface area contributed by atoms with Gasteiger partial charge in [-0.3, -0.25) is 10.8 Å². The van der Waals surface area contributed by atoms with Crippen LogP contribution in [0.15, 0.2) is 36.4 Å². The monoisotopic (exact) mass is 464 g/mol. The molecule has 3 saturated heterocycles. The van der Waals surface area contributed by atoms with Crippen LogP contribution in [0.3, 0.4) is 0 Å². The first-order valence-corrected chi connectivity index (χ1v) is 9.95. The Balaban J connectivity index is 1.56. The van der Waals surface area contributed by atoms with Gasteiger partial charge in [-0.05, 0) is 16.8 Å². The Morgan fingerprint density at radius 3 is 2.64 bits per heavy atom. The van der Waals surface area contributed by atoms with E-state index in [0.717, 1.165) is 6.07 Å². The maximum Gasteiger partial charge on any atom is 0.417 e. The number of hydrogen-bond acceptors (Lipinski definition) is 6. The van der Waals surface area contributed by atoms with Crippen LogP contribution in [0.5, 0.6) is 0 Å². The highest BCUT2D eigenvalue weighted by Crippen LogP contribution is 2.43. The largest absolute Gasteiger partial charge is 0.451 e. The molecule has 0 amide bonds. The minimum Gasteiger partial charge on any atom is -0.451 e. The van der Waals surface area contributed by atoms with E-state index in [1.54, 1.807) is 12.1 Å². The van der Waals surface area contributed by atoms with Gasteiger partial charge >= 0.3 is 12.1 Å². The van der Waals surface area contributed by atoms with Gasteiger partial charge in [0.2, 0.25) is 5.79 Å². The van der Waals surface area contributed by atoms with E-state index in [2.05, 4.69) is 16.0 Å². The van der Waals surface area contributed by atoms with E-state index < -0.39 is 53.4 Å². The van der Waals surface area contributed by atoms with Crippen LogP contribution < -0.4 is 16.0 Å². The van der Waals surface area contributed by atoms with Gasteiger partial charge in [0.15, 0.2) is 23.7 Å². The minimum absolute atomic E-state index is 0.00223. The van der Waals surface area contributed by atoms with Gasteiger partial charge in [-0.25, -0.2) is 4.79 Å². The van der Waals surface area contributed by atoms with Crippen LogP contribution in [0.4, 0.5) is 13.2 Å². The molecule has 2 unspecified atom stereocenters. The molecule has 0 bridgehead atoms. The summed E-state index contributed by atoms with van der Waals surface area (Å²) in [7, 11) is 0. The first-order valence-electron chi connectivity index (χ1n) is 9.95. The number of ether oxygens (including phenoxy) is 1. The van der Waals surface area contributed by atoms with Crippen molar-refractivity contribution in [1.82, 2.24) is 20.9 Å². The van der Waals surface area contributed by atoms with Crippen LogP contribution in [0.2, 0.25) is 0 Å². The number of nitrogens with one attached hydrogen (secondary N) is 5. The molecule has 2 aromatic rings. The predicted molar refractivity (Wildman–Crippen MR) is 108 cm³/mol. The summed E-state index contributed by atoms with van der Waals surface area (Å²) >= 11 is 0. The van der Waals surface area contributed by atoms with E-state index in [-0.39, 0.29) is 23.9 Å². The zero-order chi connectivity index (χ0) is 23.8. The third-order valence-electron chi connectivity index (χ3n) is 6.35. The fourth-order valence-corrected chi connectivity index (χ4v) is 4.87. The fraction of sp³-hybridized carbons (Fsp3) is 0.350. The van der Waals surface area contributed by atoms with Crippen molar-refractivity contribution in [2.75, 3.05) is 13.1 Å². The Hall–Kier alpha value is -3.58. The maximum absolute atomic E-state index is 13.7. The summed E-state index contributed by atoms with van der Waals surface area (Å²) in [6.07, 6.45) is -6.59. The molecule has 3 atom stereocenters. The molecule has 1 spiro atoms. The van der Waals surface area contributed by atoms with Crippen LogP contribution in [0.25, 0.3) is 10.8 Å². The van der Waals surface area contributed by atoms with Crippen LogP contribution in [0.1, 0.15) is 15.9 Å². The van der Waals surface area contributed by atoms with Crippen molar-refractivity contribution in [3.8, 4) is 0 Å². The molecule has 3 heterocycles. The number of esters is 1. The average molecular weight is 464 g/mol. The van der Waals surface area contributed by atoms with E-state index in [4.69, 9.17) is 15.6 Å². The number of carbonyl (C=O) groups is 1. The third-order valence-corrected chi connectivity index (χ3v) is 6.35. The molecule has 5 rings (SSSR count). The van der Waals surface area contributed by atoms with Gasteiger partial charge in [0.05, 0.1) is 23.7 Å². The van der Waals surface area contributed by atoms with Gasteiger partial charge in [0.25, 0.3) is 0 Å². The molecular weight excluding hydrogens is 445 g/mol. The highest BCUT2D eigenvalue weighted by Gasteiger charge is 2.73. The molecular formula is C20H19F3N6O4. The van der Waals surface area contributed by atoms with E-state index in [9.17, 15) is 28.2 Å². The van der Waals surface area contributed by atoms with Crippen molar-refractivity contribution >= 4 is 28.7 Å². The molecule has 174 valence electrons. The van der Waals surface area contributed by atoms with Crippen LogP contribution >= 0.6 is 0 Å². The van der Waals surface area contributed by atoms with Crippen molar-refractivity contribution in [3.05, 3.63) is 47.5 Å². The second-order valence-electron chi connectivity index (χ2n) is 8.13.